The van der Waals surface area contributed by atoms with Crippen molar-refractivity contribution in [1.29, 1.82) is 0 Å². The smallest absolute Gasteiger partial charge is 0.340 e. The maximum absolute atomic E-state index is 11.9. The second kappa shape index (κ2) is 7.99. The van der Waals surface area contributed by atoms with Crippen molar-refractivity contribution in [2.45, 2.75) is 13.5 Å². The first kappa shape index (κ1) is 17.3. The lowest BCUT2D eigenvalue weighted by Gasteiger charge is -2.08. The fraction of sp³-hybridized carbons (Fsp3) is 0.176. The molecule has 0 fully saturated rings. The Morgan fingerprint density at radius 1 is 1.13 bits per heavy atom. The highest BCUT2D eigenvalue weighted by atomic mass is 35.5. The minimum Gasteiger partial charge on any atom is -0.452 e. The quantitative estimate of drug-likeness (QED) is 0.834. The van der Waals surface area contributed by atoms with Crippen LogP contribution in [0.5, 0.6) is 0 Å². The molecule has 0 heterocycles. The van der Waals surface area contributed by atoms with Crippen molar-refractivity contribution in [2.24, 2.45) is 0 Å². The number of aryl methyl sites for hydroxylation is 1. The van der Waals surface area contributed by atoms with Crippen molar-refractivity contribution in [1.82, 2.24) is 5.32 Å². The van der Waals surface area contributed by atoms with E-state index in [-0.39, 0.29) is 23.1 Å². The molecule has 1 N–H and O–H groups in total. The summed E-state index contributed by atoms with van der Waals surface area (Å²) in [6, 6.07) is 12.2. The van der Waals surface area contributed by atoms with Crippen LogP contribution in [0.1, 0.15) is 21.5 Å². The number of amides is 1. The molecule has 0 aliphatic rings. The summed E-state index contributed by atoms with van der Waals surface area (Å²) in [5.74, 6) is -1.05. The predicted octanol–water partition coefficient (Wildman–Crippen LogP) is 3.78. The van der Waals surface area contributed by atoms with Gasteiger partial charge in [-0.2, -0.15) is 0 Å². The Bertz CT molecular complexity index is 732. The van der Waals surface area contributed by atoms with E-state index in [1.165, 1.54) is 18.2 Å². The van der Waals surface area contributed by atoms with Crippen LogP contribution in [0.3, 0.4) is 0 Å². The van der Waals surface area contributed by atoms with Crippen molar-refractivity contribution in [2.75, 3.05) is 6.61 Å². The van der Waals surface area contributed by atoms with Gasteiger partial charge >= 0.3 is 5.97 Å². The Balaban J connectivity index is 1.83. The van der Waals surface area contributed by atoms with Crippen molar-refractivity contribution in [3.8, 4) is 0 Å². The van der Waals surface area contributed by atoms with Gasteiger partial charge in [-0.05, 0) is 30.7 Å². The van der Waals surface area contributed by atoms with Crippen LogP contribution in [0.2, 0.25) is 10.0 Å². The Hall–Kier alpha value is -2.04. The van der Waals surface area contributed by atoms with E-state index in [4.69, 9.17) is 27.9 Å². The number of esters is 1. The molecule has 6 heteroatoms. The summed E-state index contributed by atoms with van der Waals surface area (Å²) >= 11 is 11.7. The molecule has 0 saturated carbocycles. The molecule has 2 aromatic rings. The van der Waals surface area contributed by atoms with Crippen molar-refractivity contribution < 1.29 is 14.3 Å². The maximum Gasteiger partial charge on any atom is 0.340 e. The molecule has 23 heavy (non-hydrogen) atoms. The average Bonchev–Trinajstić information content (AvgIpc) is 2.50. The monoisotopic (exact) mass is 351 g/mol. The first-order valence-electron chi connectivity index (χ1n) is 6.90. The van der Waals surface area contributed by atoms with Crippen LogP contribution in [0, 0.1) is 6.92 Å². The van der Waals surface area contributed by atoms with Gasteiger partial charge in [0.1, 0.15) is 0 Å². The molecule has 0 aliphatic carbocycles. The van der Waals surface area contributed by atoms with E-state index in [1.807, 2.05) is 31.2 Å². The molecular weight excluding hydrogens is 337 g/mol. The second-order valence-corrected chi connectivity index (χ2v) is 5.81. The van der Waals surface area contributed by atoms with Gasteiger partial charge in [-0.1, -0.05) is 53.0 Å². The predicted molar refractivity (Wildman–Crippen MR) is 89.8 cm³/mol. The highest BCUT2D eigenvalue weighted by Crippen LogP contribution is 2.21. The summed E-state index contributed by atoms with van der Waals surface area (Å²) in [6.07, 6.45) is 0. The number of halogens is 2. The summed E-state index contributed by atoms with van der Waals surface area (Å²) in [7, 11) is 0. The lowest BCUT2D eigenvalue weighted by atomic mass is 10.1. The molecule has 4 nitrogen and oxygen atoms in total. The van der Waals surface area contributed by atoms with Gasteiger partial charge in [0.15, 0.2) is 6.61 Å². The second-order valence-electron chi connectivity index (χ2n) is 4.97. The van der Waals surface area contributed by atoms with Gasteiger partial charge in [0.25, 0.3) is 5.91 Å². The molecule has 0 spiro atoms. The van der Waals surface area contributed by atoms with E-state index in [0.717, 1.165) is 11.1 Å². The zero-order valence-corrected chi connectivity index (χ0v) is 13.9. The first-order valence-corrected chi connectivity index (χ1v) is 7.66. The Kier molecular flexibility index (Phi) is 6.02. The van der Waals surface area contributed by atoms with Crippen LogP contribution in [0.25, 0.3) is 0 Å². The van der Waals surface area contributed by atoms with Crippen molar-refractivity contribution >= 4 is 35.1 Å². The summed E-state index contributed by atoms with van der Waals surface area (Å²) in [5, 5.41) is 3.29. The van der Waals surface area contributed by atoms with Gasteiger partial charge in [-0.15, -0.1) is 0 Å². The Morgan fingerprint density at radius 2 is 1.91 bits per heavy atom. The topological polar surface area (TPSA) is 55.4 Å². The fourth-order valence-corrected chi connectivity index (χ4v) is 2.42. The lowest BCUT2D eigenvalue weighted by molar-refractivity contribution is -0.124. The number of benzene rings is 2. The fourth-order valence-electron chi connectivity index (χ4n) is 1.94. The maximum atomic E-state index is 11.9. The number of nitrogens with one attached hydrogen (secondary N) is 1. The van der Waals surface area contributed by atoms with E-state index < -0.39 is 5.97 Å². The molecule has 0 aromatic heterocycles. The molecule has 0 saturated heterocycles. The molecule has 0 atom stereocenters. The normalized spacial score (nSPS) is 10.2. The minimum atomic E-state index is -0.669. The van der Waals surface area contributed by atoms with Crippen LogP contribution in [0.4, 0.5) is 0 Å². The summed E-state index contributed by atoms with van der Waals surface area (Å²) < 4.78 is 4.94. The number of carbonyl (C=O) groups is 2. The third kappa shape index (κ3) is 5.27. The van der Waals surface area contributed by atoms with Gasteiger partial charge in [0.2, 0.25) is 0 Å². The first-order chi connectivity index (χ1) is 11.0. The molecule has 2 rings (SSSR count). The highest BCUT2D eigenvalue weighted by Gasteiger charge is 2.14. The van der Waals surface area contributed by atoms with E-state index >= 15 is 0 Å². The summed E-state index contributed by atoms with van der Waals surface area (Å²) in [5.41, 5.74) is 2.26. The lowest BCUT2D eigenvalue weighted by Crippen LogP contribution is -2.28. The van der Waals surface area contributed by atoms with Crippen molar-refractivity contribution in [3.05, 3.63) is 69.2 Å². The summed E-state index contributed by atoms with van der Waals surface area (Å²) in [4.78, 5) is 23.6. The van der Waals surface area contributed by atoms with E-state index in [9.17, 15) is 9.59 Å². The molecular formula is C17H15Cl2NO3. The van der Waals surface area contributed by atoms with E-state index in [0.29, 0.717) is 11.6 Å². The summed E-state index contributed by atoms with van der Waals surface area (Å²) in [6.45, 7) is 1.98. The van der Waals surface area contributed by atoms with Crippen LogP contribution in [-0.2, 0) is 16.1 Å². The molecule has 0 bridgehead atoms. The van der Waals surface area contributed by atoms with Crippen LogP contribution < -0.4 is 5.32 Å². The third-order valence-corrected chi connectivity index (χ3v) is 3.61. The van der Waals surface area contributed by atoms with Gasteiger partial charge in [-0.3, -0.25) is 4.79 Å². The zero-order valence-electron chi connectivity index (χ0n) is 12.4. The largest absolute Gasteiger partial charge is 0.452 e. The average molecular weight is 352 g/mol. The van der Waals surface area contributed by atoms with Gasteiger partial charge < -0.3 is 10.1 Å². The van der Waals surface area contributed by atoms with Crippen LogP contribution in [0.15, 0.2) is 42.5 Å². The number of rotatable bonds is 5. The highest BCUT2D eigenvalue weighted by molar-refractivity contribution is 6.36. The van der Waals surface area contributed by atoms with E-state index in [2.05, 4.69) is 5.32 Å². The number of ether oxygens (including phenoxy) is 1. The number of hydrogen-bond donors (Lipinski definition) is 1. The number of carbonyl (C=O) groups excluding carboxylic acids is 2. The molecule has 1 amide bonds. The van der Waals surface area contributed by atoms with Crippen LogP contribution >= 0.6 is 23.2 Å². The SMILES string of the molecule is Cc1cccc(CNC(=O)COC(=O)c2ccc(Cl)cc2Cl)c1. The third-order valence-electron chi connectivity index (χ3n) is 3.06. The number of hydrogen-bond acceptors (Lipinski definition) is 3. The molecule has 2 aromatic carbocycles. The molecule has 0 radical (unpaired) electrons. The Labute approximate surface area is 144 Å². The van der Waals surface area contributed by atoms with Gasteiger partial charge in [0.05, 0.1) is 10.6 Å². The van der Waals surface area contributed by atoms with E-state index in [1.54, 1.807) is 0 Å². The molecule has 0 aliphatic heterocycles. The zero-order chi connectivity index (χ0) is 16.8. The standard InChI is InChI=1S/C17H15Cl2NO3/c1-11-3-2-4-12(7-11)9-20-16(21)10-23-17(22)14-6-5-13(18)8-15(14)19/h2-8H,9-10H2,1H3,(H,20,21). The Morgan fingerprint density at radius 3 is 2.61 bits per heavy atom. The molecule has 120 valence electrons. The minimum absolute atomic E-state index is 0.169. The van der Waals surface area contributed by atoms with Gasteiger partial charge in [0, 0.05) is 11.6 Å². The molecule has 0 unspecified atom stereocenters. The van der Waals surface area contributed by atoms with Crippen LogP contribution in [-0.4, -0.2) is 18.5 Å². The van der Waals surface area contributed by atoms with Crippen molar-refractivity contribution in [3.63, 3.8) is 0 Å². The van der Waals surface area contributed by atoms with Gasteiger partial charge in [-0.25, -0.2) is 4.79 Å².